The van der Waals surface area contributed by atoms with Crippen LogP contribution in [-0.2, 0) is 19.6 Å². The van der Waals surface area contributed by atoms with Gasteiger partial charge in [0.1, 0.15) is 0 Å². The van der Waals surface area contributed by atoms with Gasteiger partial charge in [0, 0.05) is 6.54 Å². The minimum atomic E-state index is -4.53. The van der Waals surface area contributed by atoms with Gasteiger partial charge in [-0.15, -0.1) is 0 Å². The van der Waals surface area contributed by atoms with E-state index in [1.165, 1.54) is 0 Å². The number of nitrogens with zero attached hydrogens (tertiary/aromatic N) is 1. The van der Waals surface area contributed by atoms with Gasteiger partial charge in [-0.3, -0.25) is 14.2 Å². The van der Waals surface area contributed by atoms with E-state index in [1.54, 1.807) is 6.92 Å². The predicted octanol–water partition coefficient (Wildman–Crippen LogP) is -0.636. The van der Waals surface area contributed by atoms with Crippen LogP contribution in [0, 0.1) is 0 Å². The molecule has 0 aromatic heterocycles. The Bertz CT molecular complexity index is 348. The highest BCUT2D eigenvalue weighted by atomic mass is 32.2. The summed E-state index contributed by atoms with van der Waals surface area (Å²) >= 11 is 4.57. The lowest BCUT2D eigenvalue weighted by atomic mass is 10.5. The van der Waals surface area contributed by atoms with Crippen LogP contribution < -0.4 is 0 Å². The van der Waals surface area contributed by atoms with E-state index >= 15 is 0 Å². The van der Waals surface area contributed by atoms with E-state index in [4.69, 9.17) is 4.55 Å². The quantitative estimate of drug-likeness (QED) is 0.497. The molecule has 1 N–H and O–H groups in total. The molecule has 1 atom stereocenters. The molecular weight excluding hydrogens is 218 g/mol. The van der Waals surface area contributed by atoms with Gasteiger partial charge in [0.05, 0.1) is 0 Å². The van der Waals surface area contributed by atoms with Crippen molar-refractivity contribution in [2.75, 3.05) is 6.54 Å². The number of thiocarbonyl (C=S) groups is 1. The molecule has 1 saturated heterocycles. The second-order valence-electron chi connectivity index (χ2n) is 2.31. The van der Waals surface area contributed by atoms with E-state index < -0.39 is 21.5 Å². The molecule has 1 heterocycles. The first-order valence-electron chi connectivity index (χ1n) is 3.36. The molecule has 1 amide bonds. The summed E-state index contributed by atoms with van der Waals surface area (Å²) in [4.78, 5) is 12.1. The van der Waals surface area contributed by atoms with Crippen molar-refractivity contribution < 1.29 is 22.5 Å². The smallest absolute Gasteiger partial charge is 0.313 e. The van der Waals surface area contributed by atoms with Crippen LogP contribution in [-0.4, -0.2) is 40.9 Å². The number of likely N-dealkylation sites (N-methyl/N-ethyl adjacent to an activating group) is 1. The third kappa shape index (κ3) is 1.79. The number of rotatable bonds is 2. The van der Waals surface area contributed by atoms with E-state index in [0.717, 1.165) is 4.90 Å². The Labute approximate surface area is 80.2 Å². The van der Waals surface area contributed by atoms with Gasteiger partial charge in [-0.2, -0.15) is 8.42 Å². The summed E-state index contributed by atoms with van der Waals surface area (Å²) in [6.07, 6.45) is 0. The fraction of sp³-hybridized carbons (Fsp3) is 0.600. The molecule has 1 aliphatic rings. The van der Waals surface area contributed by atoms with Gasteiger partial charge in [-0.1, -0.05) is 0 Å². The molecule has 0 spiro atoms. The fourth-order valence-electron chi connectivity index (χ4n) is 0.896. The molecule has 0 bridgehead atoms. The van der Waals surface area contributed by atoms with Crippen molar-refractivity contribution in [1.82, 2.24) is 4.90 Å². The Morgan fingerprint density at radius 3 is 2.46 bits per heavy atom. The second-order valence-corrected chi connectivity index (χ2v) is 4.12. The summed E-state index contributed by atoms with van der Waals surface area (Å²) in [7, 11) is -4.53. The van der Waals surface area contributed by atoms with Crippen molar-refractivity contribution in [3.8, 4) is 0 Å². The summed E-state index contributed by atoms with van der Waals surface area (Å²) in [5.74, 6) is -0.852. The standard InChI is InChI=1S/C5H7NO5S2/c1-2-6-3(7)4(11-5(6)12)13(8,9)10/h4H,2H2,1H3,(H,8,9,10). The minimum absolute atomic E-state index is 0.212. The minimum Gasteiger partial charge on any atom is -0.438 e. The van der Waals surface area contributed by atoms with Crippen LogP contribution in [0.25, 0.3) is 0 Å². The number of hydrogen-bond donors (Lipinski definition) is 1. The maximum Gasteiger partial charge on any atom is 0.313 e. The number of hydrogen-bond acceptors (Lipinski definition) is 5. The Balaban J connectivity index is 2.99. The summed E-state index contributed by atoms with van der Waals surface area (Å²) < 4.78 is 34.2. The molecule has 8 heteroatoms. The van der Waals surface area contributed by atoms with Crippen molar-refractivity contribution in [3.05, 3.63) is 0 Å². The molecule has 0 radical (unpaired) electrons. The van der Waals surface area contributed by atoms with Crippen LogP contribution in [0.1, 0.15) is 6.92 Å². The van der Waals surface area contributed by atoms with Crippen LogP contribution in [0.5, 0.6) is 0 Å². The molecule has 1 rings (SSSR count). The Hall–Kier alpha value is -0.730. The molecule has 1 fully saturated rings. The summed E-state index contributed by atoms with van der Waals surface area (Å²) in [5.41, 5.74) is -1.89. The Kier molecular flexibility index (Phi) is 2.55. The lowest BCUT2D eigenvalue weighted by Gasteiger charge is -2.07. The maximum absolute atomic E-state index is 11.2. The lowest BCUT2D eigenvalue weighted by Crippen LogP contribution is -2.34. The van der Waals surface area contributed by atoms with Crippen LogP contribution in [0.15, 0.2) is 0 Å². The van der Waals surface area contributed by atoms with Gasteiger partial charge in [0.2, 0.25) is 0 Å². The molecule has 0 saturated carbocycles. The summed E-state index contributed by atoms with van der Waals surface area (Å²) in [6, 6.07) is 0. The number of ether oxygens (including phenoxy) is 1. The van der Waals surface area contributed by atoms with Crippen molar-refractivity contribution in [2.24, 2.45) is 0 Å². The van der Waals surface area contributed by atoms with E-state index in [0.29, 0.717) is 0 Å². The zero-order chi connectivity index (χ0) is 10.2. The van der Waals surface area contributed by atoms with Gasteiger partial charge in [-0.25, -0.2) is 0 Å². The lowest BCUT2D eigenvalue weighted by molar-refractivity contribution is -0.127. The van der Waals surface area contributed by atoms with Gasteiger partial charge in [0.15, 0.2) is 0 Å². The van der Waals surface area contributed by atoms with Crippen LogP contribution in [0.4, 0.5) is 0 Å². The van der Waals surface area contributed by atoms with E-state index in [9.17, 15) is 13.2 Å². The molecule has 6 nitrogen and oxygen atoms in total. The van der Waals surface area contributed by atoms with Crippen molar-refractivity contribution in [3.63, 3.8) is 0 Å². The number of amides is 1. The monoisotopic (exact) mass is 225 g/mol. The molecule has 1 unspecified atom stereocenters. The van der Waals surface area contributed by atoms with Crippen LogP contribution in [0.3, 0.4) is 0 Å². The molecule has 0 aromatic rings. The van der Waals surface area contributed by atoms with Crippen molar-refractivity contribution >= 4 is 33.4 Å². The normalized spacial score (nSPS) is 23.5. The van der Waals surface area contributed by atoms with Crippen molar-refractivity contribution in [2.45, 2.75) is 12.4 Å². The predicted molar refractivity (Wildman–Crippen MR) is 46.4 cm³/mol. The largest absolute Gasteiger partial charge is 0.438 e. The molecule has 13 heavy (non-hydrogen) atoms. The maximum atomic E-state index is 11.2. The highest BCUT2D eigenvalue weighted by molar-refractivity contribution is 7.87. The number of carbonyl (C=O) groups excluding carboxylic acids is 1. The number of carbonyl (C=O) groups is 1. The van der Waals surface area contributed by atoms with Crippen LogP contribution >= 0.6 is 12.2 Å². The Morgan fingerprint density at radius 1 is 1.69 bits per heavy atom. The molecule has 74 valence electrons. The second kappa shape index (κ2) is 3.20. The van der Waals surface area contributed by atoms with Crippen LogP contribution in [0.2, 0.25) is 0 Å². The summed E-state index contributed by atoms with van der Waals surface area (Å²) in [6.45, 7) is 1.82. The van der Waals surface area contributed by atoms with Gasteiger partial charge in [-0.05, 0) is 19.1 Å². The van der Waals surface area contributed by atoms with Gasteiger partial charge in [0.25, 0.3) is 11.1 Å². The van der Waals surface area contributed by atoms with E-state index in [2.05, 4.69) is 17.0 Å². The average Bonchev–Trinajstić information content (AvgIpc) is 2.25. The third-order valence-electron chi connectivity index (χ3n) is 1.48. The highest BCUT2D eigenvalue weighted by Gasteiger charge is 2.45. The Morgan fingerprint density at radius 2 is 2.23 bits per heavy atom. The molecule has 0 aliphatic carbocycles. The third-order valence-corrected chi connectivity index (χ3v) is 2.64. The molecule has 1 aliphatic heterocycles. The van der Waals surface area contributed by atoms with Gasteiger partial charge >= 0.3 is 15.6 Å². The summed E-state index contributed by atoms with van der Waals surface area (Å²) in [5, 5.41) is -0.227. The SMILES string of the molecule is CCN1C(=O)C(S(=O)(=O)O)OC1=S. The fourth-order valence-corrected chi connectivity index (χ4v) is 1.87. The van der Waals surface area contributed by atoms with E-state index in [-0.39, 0.29) is 11.7 Å². The topological polar surface area (TPSA) is 83.9 Å². The first-order valence-corrected chi connectivity index (χ1v) is 5.27. The average molecular weight is 225 g/mol. The highest BCUT2D eigenvalue weighted by Crippen LogP contribution is 2.16. The van der Waals surface area contributed by atoms with Gasteiger partial charge < -0.3 is 4.74 Å². The first kappa shape index (κ1) is 10.4. The molecular formula is C5H7NO5S2. The van der Waals surface area contributed by atoms with Crippen molar-refractivity contribution in [1.29, 1.82) is 0 Å². The van der Waals surface area contributed by atoms with E-state index in [1.807, 2.05) is 0 Å². The zero-order valence-electron chi connectivity index (χ0n) is 6.63. The first-order chi connectivity index (χ1) is 5.88. The molecule has 0 aromatic carbocycles. The zero-order valence-corrected chi connectivity index (χ0v) is 8.26.